The maximum atomic E-state index is 13.1. The molecule has 0 N–H and O–H groups in total. The van der Waals surface area contributed by atoms with Crippen molar-refractivity contribution >= 4 is 23.4 Å². The van der Waals surface area contributed by atoms with Crippen molar-refractivity contribution < 1.29 is 9.18 Å². The Labute approximate surface area is 146 Å². The van der Waals surface area contributed by atoms with Gasteiger partial charge >= 0.3 is 0 Å². The third-order valence-electron chi connectivity index (χ3n) is 3.57. The Morgan fingerprint density at radius 1 is 1.21 bits per heavy atom. The molecule has 2 aromatic carbocycles. The summed E-state index contributed by atoms with van der Waals surface area (Å²) in [5.74, 6) is -0.176. The molecule has 5 heteroatoms. The standard InChI is InChI=1S/C19H19FN2OS/c1-14-4-9-18(15(2)12-14)24-13-19(23)22(11-3-10-21)17-7-5-16(20)6-8-17/h4-9,12H,3,11,13H2,1-2H3. The number of nitrogens with zero attached hydrogens (tertiary/aromatic N) is 2. The third-order valence-corrected chi connectivity index (χ3v) is 4.73. The number of hydrogen-bond donors (Lipinski definition) is 0. The summed E-state index contributed by atoms with van der Waals surface area (Å²) in [4.78, 5) is 15.2. The van der Waals surface area contributed by atoms with Crippen LogP contribution in [0.3, 0.4) is 0 Å². The van der Waals surface area contributed by atoms with E-state index >= 15 is 0 Å². The number of anilines is 1. The minimum Gasteiger partial charge on any atom is -0.311 e. The van der Waals surface area contributed by atoms with Gasteiger partial charge in [-0.05, 0) is 49.7 Å². The zero-order chi connectivity index (χ0) is 17.5. The van der Waals surface area contributed by atoms with Gasteiger partial charge in [0.15, 0.2) is 0 Å². The number of thioether (sulfide) groups is 1. The van der Waals surface area contributed by atoms with Crippen LogP contribution in [0.2, 0.25) is 0 Å². The van der Waals surface area contributed by atoms with Crippen molar-refractivity contribution in [2.75, 3.05) is 17.2 Å². The minimum atomic E-state index is -0.351. The van der Waals surface area contributed by atoms with Gasteiger partial charge < -0.3 is 4.90 Å². The van der Waals surface area contributed by atoms with Crippen molar-refractivity contribution in [3.8, 4) is 6.07 Å². The van der Waals surface area contributed by atoms with Crippen molar-refractivity contribution in [3.05, 3.63) is 59.4 Å². The van der Waals surface area contributed by atoms with Gasteiger partial charge in [-0.1, -0.05) is 17.7 Å². The Morgan fingerprint density at radius 3 is 2.54 bits per heavy atom. The summed E-state index contributed by atoms with van der Waals surface area (Å²) >= 11 is 1.48. The second-order valence-electron chi connectivity index (χ2n) is 5.49. The van der Waals surface area contributed by atoms with Crippen molar-refractivity contribution in [2.24, 2.45) is 0 Å². The zero-order valence-electron chi connectivity index (χ0n) is 13.8. The topological polar surface area (TPSA) is 44.1 Å². The zero-order valence-corrected chi connectivity index (χ0v) is 14.6. The van der Waals surface area contributed by atoms with Gasteiger partial charge in [0, 0.05) is 17.1 Å². The fourth-order valence-electron chi connectivity index (χ4n) is 2.36. The number of nitriles is 1. The first-order chi connectivity index (χ1) is 11.5. The van der Waals surface area contributed by atoms with E-state index in [2.05, 4.69) is 6.07 Å². The highest BCUT2D eigenvalue weighted by Crippen LogP contribution is 2.25. The van der Waals surface area contributed by atoms with Crippen LogP contribution in [0.5, 0.6) is 0 Å². The summed E-state index contributed by atoms with van der Waals surface area (Å²) < 4.78 is 13.1. The first-order valence-electron chi connectivity index (χ1n) is 7.64. The molecule has 0 aliphatic rings. The first-order valence-corrected chi connectivity index (χ1v) is 8.63. The van der Waals surface area contributed by atoms with E-state index in [1.807, 2.05) is 32.0 Å². The van der Waals surface area contributed by atoms with Gasteiger partial charge in [-0.2, -0.15) is 5.26 Å². The Bertz CT molecular complexity index is 753. The van der Waals surface area contributed by atoms with Gasteiger partial charge in [0.05, 0.1) is 18.2 Å². The largest absolute Gasteiger partial charge is 0.311 e. The number of carbonyl (C=O) groups is 1. The molecule has 0 radical (unpaired) electrons. The van der Waals surface area contributed by atoms with Gasteiger partial charge in [-0.25, -0.2) is 4.39 Å². The van der Waals surface area contributed by atoms with E-state index in [4.69, 9.17) is 5.26 Å². The summed E-state index contributed by atoms with van der Waals surface area (Å²) in [5.41, 5.74) is 2.93. The summed E-state index contributed by atoms with van der Waals surface area (Å²) in [7, 11) is 0. The van der Waals surface area contributed by atoms with Gasteiger partial charge in [0.25, 0.3) is 0 Å². The average Bonchev–Trinajstić information content (AvgIpc) is 2.56. The molecule has 1 amide bonds. The highest BCUT2D eigenvalue weighted by atomic mass is 32.2. The smallest absolute Gasteiger partial charge is 0.237 e. The molecule has 0 fully saturated rings. The molecule has 3 nitrogen and oxygen atoms in total. The van der Waals surface area contributed by atoms with Crippen LogP contribution in [-0.2, 0) is 4.79 Å². The lowest BCUT2D eigenvalue weighted by atomic mass is 10.2. The number of benzene rings is 2. The van der Waals surface area contributed by atoms with Gasteiger partial charge in [0.2, 0.25) is 5.91 Å². The molecular formula is C19H19FN2OS. The monoisotopic (exact) mass is 342 g/mol. The van der Waals surface area contributed by atoms with E-state index in [1.54, 1.807) is 17.0 Å². The molecule has 0 atom stereocenters. The van der Waals surface area contributed by atoms with Gasteiger partial charge in [0.1, 0.15) is 5.82 Å². The first kappa shape index (κ1) is 18.0. The second-order valence-corrected chi connectivity index (χ2v) is 6.50. The maximum absolute atomic E-state index is 13.1. The highest BCUT2D eigenvalue weighted by Gasteiger charge is 2.16. The fraction of sp³-hybridized carbons (Fsp3) is 0.263. The SMILES string of the molecule is Cc1ccc(SCC(=O)N(CCC#N)c2ccc(F)cc2)c(C)c1. The van der Waals surface area contributed by atoms with E-state index in [0.717, 1.165) is 10.5 Å². The number of amides is 1. The quantitative estimate of drug-likeness (QED) is 0.727. The molecule has 0 spiro atoms. The number of carbonyl (C=O) groups excluding carboxylic acids is 1. The predicted molar refractivity (Wildman–Crippen MR) is 95.6 cm³/mol. The Morgan fingerprint density at radius 2 is 1.92 bits per heavy atom. The number of halogens is 1. The van der Waals surface area contributed by atoms with Crippen LogP contribution in [-0.4, -0.2) is 18.2 Å². The van der Waals surface area contributed by atoms with E-state index < -0.39 is 0 Å². The normalized spacial score (nSPS) is 10.2. The van der Waals surface area contributed by atoms with Crippen molar-refractivity contribution in [1.29, 1.82) is 5.26 Å². The van der Waals surface area contributed by atoms with Gasteiger partial charge in [-0.15, -0.1) is 11.8 Å². The molecule has 0 aliphatic carbocycles. The Kier molecular flexibility index (Phi) is 6.39. The van der Waals surface area contributed by atoms with Crippen LogP contribution in [0, 0.1) is 31.0 Å². The van der Waals surface area contributed by atoms with Crippen LogP contribution >= 0.6 is 11.8 Å². The molecule has 0 heterocycles. The van der Waals surface area contributed by atoms with Crippen molar-refractivity contribution in [3.63, 3.8) is 0 Å². The van der Waals surface area contributed by atoms with Crippen LogP contribution < -0.4 is 4.90 Å². The van der Waals surface area contributed by atoms with E-state index in [9.17, 15) is 9.18 Å². The number of hydrogen-bond acceptors (Lipinski definition) is 3. The van der Waals surface area contributed by atoms with E-state index in [1.165, 1.54) is 29.5 Å². The molecule has 2 aromatic rings. The summed E-state index contributed by atoms with van der Waals surface area (Å²) in [6, 6.07) is 13.9. The molecule has 24 heavy (non-hydrogen) atoms. The summed E-state index contributed by atoms with van der Waals surface area (Å²) in [5, 5.41) is 8.81. The second kappa shape index (κ2) is 8.51. The minimum absolute atomic E-state index is 0.0955. The Hall–Kier alpha value is -2.32. The van der Waals surface area contributed by atoms with Crippen LogP contribution in [0.4, 0.5) is 10.1 Å². The van der Waals surface area contributed by atoms with Crippen LogP contribution in [0.25, 0.3) is 0 Å². The molecule has 124 valence electrons. The Balaban J connectivity index is 2.10. The lowest BCUT2D eigenvalue weighted by Gasteiger charge is -2.22. The molecule has 0 saturated heterocycles. The van der Waals surface area contributed by atoms with Crippen molar-refractivity contribution in [2.45, 2.75) is 25.2 Å². The lowest BCUT2D eigenvalue weighted by Crippen LogP contribution is -2.33. The average molecular weight is 342 g/mol. The third kappa shape index (κ3) is 4.84. The van der Waals surface area contributed by atoms with Crippen molar-refractivity contribution in [1.82, 2.24) is 0 Å². The van der Waals surface area contributed by atoms with Crippen LogP contribution in [0.15, 0.2) is 47.4 Å². The summed E-state index contributed by atoms with van der Waals surface area (Å²) in [6.45, 7) is 4.35. The van der Waals surface area contributed by atoms with Crippen LogP contribution in [0.1, 0.15) is 17.5 Å². The number of aryl methyl sites for hydroxylation is 2. The molecular weight excluding hydrogens is 323 g/mol. The molecule has 0 bridgehead atoms. The highest BCUT2D eigenvalue weighted by molar-refractivity contribution is 8.00. The van der Waals surface area contributed by atoms with E-state index in [0.29, 0.717) is 12.2 Å². The molecule has 0 unspecified atom stereocenters. The number of rotatable bonds is 6. The molecule has 0 aliphatic heterocycles. The van der Waals surface area contributed by atoms with Gasteiger partial charge in [-0.3, -0.25) is 4.79 Å². The maximum Gasteiger partial charge on any atom is 0.237 e. The predicted octanol–water partition coefficient (Wildman–Crippen LogP) is 4.48. The lowest BCUT2D eigenvalue weighted by molar-refractivity contribution is -0.116. The summed E-state index contributed by atoms with van der Waals surface area (Å²) in [6.07, 6.45) is 0.233. The molecule has 0 aromatic heterocycles. The molecule has 2 rings (SSSR count). The van der Waals surface area contributed by atoms with E-state index in [-0.39, 0.29) is 23.9 Å². The fourth-order valence-corrected chi connectivity index (χ4v) is 3.24. The molecule has 0 saturated carbocycles.